The highest BCUT2D eigenvalue weighted by molar-refractivity contribution is 6.00. The molecule has 0 radical (unpaired) electrons. The van der Waals surface area contributed by atoms with Gasteiger partial charge in [-0.25, -0.2) is 4.79 Å². The first-order valence-electron chi connectivity index (χ1n) is 16.9. The van der Waals surface area contributed by atoms with E-state index in [1.165, 1.54) is 0 Å². The predicted molar refractivity (Wildman–Crippen MR) is 179 cm³/mol. The van der Waals surface area contributed by atoms with E-state index in [0.29, 0.717) is 41.3 Å². The Morgan fingerprint density at radius 2 is 1.09 bits per heavy atom. The molecule has 8 rings (SSSR count). The van der Waals surface area contributed by atoms with Crippen LogP contribution in [-0.4, -0.2) is 102 Å². The Labute approximate surface area is 274 Å². The lowest BCUT2D eigenvalue weighted by atomic mass is 10.2. The van der Waals surface area contributed by atoms with Crippen LogP contribution in [0.2, 0.25) is 0 Å². The molecular formula is C34H41N9O4. The monoisotopic (exact) mass is 639 g/mol. The van der Waals surface area contributed by atoms with Gasteiger partial charge in [-0.15, -0.1) is 0 Å². The number of hydrogen-bond acceptors (Lipinski definition) is 10. The maximum Gasteiger partial charge on any atom is 0.323 e. The molecule has 3 aromatic rings. The molecule has 13 heteroatoms. The van der Waals surface area contributed by atoms with Gasteiger partial charge in [-0.1, -0.05) is 0 Å². The molecule has 2 aromatic carbocycles. The number of aromatic nitrogens is 3. The van der Waals surface area contributed by atoms with Gasteiger partial charge in [0, 0.05) is 48.8 Å². The number of carbonyl (C=O) groups excluding carboxylic acids is 2. The summed E-state index contributed by atoms with van der Waals surface area (Å²) in [6.45, 7) is 5.46. The van der Waals surface area contributed by atoms with Crippen LogP contribution in [0.4, 0.5) is 33.8 Å². The number of likely N-dealkylation sites (tertiary alicyclic amines) is 1. The second-order valence-electron chi connectivity index (χ2n) is 13.2. The lowest BCUT2D eigenvalue weighted by Gasteiger charge is -2.34. The smallest absolute Gasteiger partial charge is 0.323 e. The van der Waals surface area contributed by atoms with E-state index < -0.39 is 0 Å². The molecule has 4 atom stereocenters. The van der Waals surface area contributed by atoms with Crippen LogP contribution in [-0.2, 0) is 14.3 Å². The number of ether oxygens (including phenoxy) is 2. The molecule has 5 aliphatic rings. The number of nitrogens with one attached hydrogen (secondary N) is 3. The summed E-state index contributed by atoms with van der Waals surface area (Å²) in [7, 11) is 0. The van der Waals surface area contributed by atoms with Crippen LogP contribution in [0.25, 0.3) is 11.4 Å². The van der Waals surface area contributed by atoms with Crippen molar-refractivity contribution in [1.29, 1.82) is 0 Å². The number of fused-ring (bicyclic) bond motifs is 4. The molecule has 0 spiro atoms. The minimum absolute atomic E-state index is 0.0283. The Hall–Kier alpha value is -4.33. The van der Waals surface area contributed by atoms with E-state index in [0.717, 1.165) is 83.4 Å². The van der Waals surface area contributed by atoms with E-state index in [1.54, 1.807) is 24.3 Å². The summed E-state index contributed by atoms with van der Waals surface area (Å²) in [6.07, 6.45) is 7.46. The quantitative estimate of drug-likeness (QED) is 0.332. The minimum atomic E-state index is -0.364. The fraction of sp³-hybridized carbons (Fsp3) is 0.500. The Kier molecular flexibility index (Phi) is 8.34. The summed E-state index contributed by atoms with van der Waals surface area (Å²) in [4.78, 5) is 46.6. The molecule has 5 fully saturated rings. The molecule has 1 aromatic heterocycles. The van der Waals surface area contributed by atoms with Crippen molar-refractivity contribution in [2.45, 2.75) is 62.9 Å². The van der Waals surface area contributed by atoms with Crippen molar-refractivity contribution in [1.82, 2.24) is 19.9 Å². The van der Waals surface area contributed by atoms with Gasteiger partial charge in [-0.2, -0.15) is 15.0 Å². The van der Waals surface area contributed by atoms with Crippen LogP contribution in [0.1, 0.15) is 38.5 Å². The lowest BCUT2D eigenvalue weighted by Crippen LogP contribution is -2.45. The molecule has 0 aliphatic carbocycles. The van der Waals surface area contributed by atoms with Crippen LogP contribution < -0.4 is 25.8 Å². The highest BCUT2D eigenvalue weighted by Gasteiger charge is 2.37. The van der Waals surface area contributed by atoms with Gasteiger partial charge in [0.2, 0.25) is 17.8 Å². The first-order chi connectivity index (χ1) is 23.0. The van der Waals surface area contributed by atoms with E-state index in [2.05, 4.69) is 30.7 Å². The van der Waals surface area contributed by atoms with E-state index in [1.807, 2.05) is 24.3 Å². The van der Waals surface area contributed by atoms with Crippen molar-refractivity contribution >= 4 is 40.9 Å². The molecule has 5 saturated heterocycles. The third kappa shape index (κ3) is 7.02. The van der Waals surface area contributed by atoms with Crippen LogP contribution in [0.3, 0.4) is 0 Å². The standard InChI is InChI=1S/C34H41N9O4/c44-30(21-41-15-1-2-16-41)35-23-7-9-25(10-8-23)37-34(45)36-24-5-3-22(4-6-24)31-38-32(42-17-26-11-12-27(18-42)46-26)40-33(39-31)43-19-28-13-14-29(20-43)47-28/h3-10,26-29H,1-2,11-21H2,(H,35,44)(H2,36,37,45). The zero-order valence-corrected chi connectivity index (χ0v) is 26.4. The summed E-state index contributed by atoms with van der Waals surface area (Å²) in [5.41, 5.74) is 2.80. The molecule has 4 bridgehead atoms. The van der Waals surface area contributed by atoms with E-state index in [9.17, 15) is 9.59 Å². The average Bonchev–Trinajstić information content (AvgIpc) is 3.81. The van der Waals surface area contributed by atoms with Crippen molar-refractivity contribution in [2.24, 2.45) is 0 Å². The Bertz CT molecular complexity index is 1530. The highest BCUT2D eigenvalue weighted by Crippen LogP contribution is 2.32. The molecule has 6 heterocycles. The normalized spacial score (nSPS) is 25.2. The fourth-order valence-corrected chi connectivity index (χ4v) is 7.30. The van der Waals surface area contributed by atoms with Crippen LogP contribution in [0.5, 0.6) is 0 Å². The van der Waals surface area contributed by atoms with Gasteiger partial charge in [0.25, 0.3) is 0 Å². The summed E-state index contributed by atoms with van der Waals surface area (Å²) in [5, 5.41) is 8.67. The SMILES string of the molecule is O=C(CN1CCCC1)Nc1ccc(NC(=O)Nc2ccc(-c3nc(N4CC5CCC(C4)O5)nc(N4CC5CCC(C4)O5)n3)cc2)cc1. The minimum Gasteiger partial charge on any atom is -0.371 e. The molecule has 246 valence electrons. The maximum atomic E-state index is 12.8. The summed E-state index contributed by atoms with van der Waals surface area (Å²) in [6, 6.07) is 14.3. The molecule has 3 N–H and O–H groups in total. The number of hydrogen-bond donors (Lipinski definition) is 3. The predicted octanol–water partition coefficient (Wildman–Crippen LogP) is 3.95. The Morgan fingerprint density at radius 1 is 0.638 bits per heavy atom. The molecule has 5 aliphatic heterocycles. The van der Waals surface area contributed by atoms with Crippen molar-refractivity contribution in [3.05, 3.63) is 48.5 Å². The van der Waals surface area contributed by atoms with Gasteiger partial charge in [-0.3, -0.25) is 9.69 Å². The number of urea groups is 1. The number of rotatable bonds is 8. The second kappa shape index (κ2) is 13.1. The third-order valence-electron chi connectivity index (χ3n) is 9.66. The van der Waals surface area contributed by atoms with Gasteiger partial charge >= 0.3 is 6.03 Å². The number of morpholine rings is 2. The molecule has 0 saturated carbocycles. The van der Waals surface area contributed by atoms with Crippen molar-refractivity contribution in [3.63, 3.8) is 0 Å². The zero-order chi connectivity index (χ0) is 31.7. The van der Waals surface area contributed by atoms with E-state index >= 15 is 0 Å². The fourth-order valence-electron chi connectivity index (χ4n) is 7.30. The maximum absolute atomic E-state index is 12.8. The first kappa shape index (κ1) is 30.0. The Balaban J connectivity index is 0.925. The zero-order valence-electron chi connectivity index (χ0n) is 26.4. The van der Waals surface area contributed by atoms with Crippen molar-refractivity contribution in [3.8, 4) is 11.4 Å². The first-order valence-corrected chi connectivity index (χ1v) is 16.9. The number of benzene rings is 2. The number of anilines is 5. The highest BCUT2D eigenvalue weighted by atomic mass is 16.5. The average molecular weight is 640 g/mol. The summed E-state index contributed by atoms with van der Waals surface area (Å²) < 4.78 is 12.1. The molecule has 4 unspecified atom stereocenters. The summed E-state index contributed by atoms with van der Waals surface area (Å²) in [5.74, 6) is 1.94. The number of amides is 3. The van der Waals surface area contributed by atoms with Gasteiger partial charge in [0.1, 0.15) is 0 Å². The van der Waals surface area contributed by atoms with Crippen LogP contribution in [0.15, 0.2) is 48.5 Å². The number of carbonyl (C=O) groups is 2. The third-order valence-corrected chi connectivity index (χ3v) is 9.66. The largest absolute Gasteiger partial charge is 0.371 e. The Morgan fingerprint density at radius 3 is 1.57 bits per heavy atom. The van der Waals surface area contributed by atoms with Gasteiger partial charge < -0.3 is 35.2 Å². The topological polar surface area (TPSA) is 137 Å². The van der Waals surface area contributed by atoms with Crippen LogP contribution >= 0.6 is 0 Å². The second-order valence-corrected chi connectivity index (χ2v) is 13.2. The van der Waals surface area contributed by atoms with Gasteiger partial charge in [-0.05, 0) is 100 Å². The summed E-state index contributed by atoms with van der Waals surface area (Å²) >= 11 is 0. The van der Waals surface area contributed by atoms with Gasteiger partial charge in [0.05, 0.1) is 31.0 Å². The lowest BCUT2D eigenvalue weighted by molar-refractivity contribution is -0.117. The van der Waals surface area contributed by atoms with Crippen molar-refractivity contribution < 1.29 is 19.1 Å². The van der Waals surface area contributed by atoms with Crippen molar-refractivity contribution in [2.75, 3.05) is 71.6 Å². The number of nitrogens with zero attached hydrogens (tertiary/aromatic N) is 6. The van der Waals surface area contributed by atoms with Gasteiger partial charge in [0.15, 0.2) is 5.82 Å². The van der Waals surface area contributed by atoms with Crippen LogP contribution in [0, 0.1) is 0 Å². The molecule has 3 amide bonds. The molecular weight excluding hydrogens is 598 g/mol. The van der Waals surface area contributed by atoms with E-state index in [-0.39, 0.29) is 36.4 Å². The molecule has 13 nitrogen and oxygen atoms in total. The van der Waals surface area contributed by atoms with E-state index in [4.69, 9.17) is 24.4 Å². The molecule has 47 heavy (non-hydrogen) atoms.